The van der Waals surface area contributed by atoms with Crippen molar-refractivity contribution in [2.45, 2.75) is 256 Å². The maximum Gasteiger partial charge on any atom is 0.326 e. The molecule has 130 heavy (non-hydrogen) atoms. The fourth-order valence-electron chi connectivity index (χ4n) is 20.9. The summed E-state index contributed by atoms with van der Waals surface area (Å²) in [5, 5.41) is 94.7. The first-order chi connectivity index (χ1) is 62.1. The van der Waals surface area contributed by atoms with Gasteiger partial charge in [0, 0.05) is 117 Å². The lowest BCUT2D eigenvalue weighted by Crippen LogP contribution is -2.57. The Bertz CT molecular complexity index is 4380. The van der Waals surface area contributed by atoms with Crippen LogP contribution in [0.5, 0.6) is 0 Å². The van der Waals surface area contributed by atoms with Gasteiger partial charge < -0.3 is 137 Å². The predicted octanol–water partition coefficient (Wildman–Crippen LogP) is -11.5. The van der Waals surface area contributed by atoms with Crippen LogP contribution in [-0.4, -0.2) is 470 Å². The Morgan fingerprint density at radius 1 is 0.300 bits per heavy atom. The molecule has 20 atom stereocenters. The molecule has 13 rings (SSSR count). The predicted molar refractivity (Wildman–Crippen MR) is 447 cm³/mol. The number of rotatable bonds is 30. The highest BCUT2D eigenvalue weighted by Crippen LogP contribution is 2.34. The first-order valence-electron chi connectivity index (χ1n) is 45.2. The van der Waals surface area contributed by atoms with Crippen molar-refractivity contribution in [3.05, 3.63) is 0 Å². The number of carbonyl (C=O) groups is 20. The molecular formula is C82H120N20O27S. The zero-order valence-electron chi connectivity index (χ0n) is 72.6. The number of carboxylic acids is 1. The van der Waals surface area contributed by atoms with Crippen molar-refractivity contribution >= 4 is 130 Å². The third kappa shape index (κ3) is 21.8. The molecule has 0 radical (unpaired) electrons. The molecule has 0 aromatic rings. The van der Waals surface area contributed by atoms with E-state index in [9.17, 15) is 132 Å². The quantitative estimate of drug-likeness (QED) is 0.0318. The van der Waals surface area contributed by atoms with Gasteiger partial charge in [0.15, 0.2) is 0 Å². The van der Waals surface area contributed by atoms with Gasteiger partial charge in [0.2, 0.25) is 112 Å². The van der Waals surface area contributed by atoms with Crippen molar-refractivity contribution in [3.8, 4) is 0 Å². The second-order valence-corrected chi connectivity index (χ2v) is 37.0. The number of carbonyl (C=O) groups excluding carboxylic acids is 19. The molecule has 13 aliphatic heterocycles. The monoisotopic (exact) mass is 1850 g/mol. The fraction of sp³-hybridized carbons (Fsp3) is 0.756. The highest BCUT2D eigenvalue weighted by Gasteiger charge is 2.53. The van der Waals surface area contributed by atoms with Gasteiger partial charge in [-0.3, -0.25) is 91.1 Å². The minimum absolute atomic E-state index is 0.00971. The van der Waals surface area contributed by atoms with Crippen molar-refractivity contribution in [1.82, 2.24) is 101 Å². The fourth-order valence-corrected chi connectivity index (χ4v) is 21.4. The number of hydrogen-bond donors (Lipinski definition) is 15. The van der Waals surface area contributed by atoms with E-state index in [1.54, 1.807) is 6.26 Å². The van der Waals surface area contributed by atoms with Crippen molar-refractivity contribution in [2.24, 2.45) is 0 Å². The number of aliphatic hydroxyl groups excluding tert-OH is 6. The van der Waals surface area contributed by atoms with Gasteiger partial charge in [-0.15, -0.1) is 0 Å². The summed E-state index contributed by atoms with van der Waals surface area (Å²) in [6.45, 7) is -4.09. The van der Waals surface area contributed by atoms with Crippen molar-refractivity contribution in [2.75, 3.05) is 136 Å². The number of nitrogens with zero attached hydrogens (tertiary/aromatic N) is 12. The van der Waals surface area contributed by atoms with Gasteiger partial charge in [-0.2, -0.15) is 11.8 Å². The molecule has 0 spiro atoms. The lowest BCUT2D eigenvalue weighted by molar-refractivity contribution is -0.151. The standard InChI is InChI=1S/C82H120N20O27S/c1-130-24-16-49(90-75(121)51-10-3-18-91(51)63(109)32-85-70(116)57-25-43(103)37-97(57)76(122)50-9-2-17-83-50)69(115)84-31-64(110)92-19-4-11-52(92)77(123)98-38-44(104)26-58(98)71(117)86-33-65(111)93-20-5-12-53(93)78(124)99-39-45(105)27-59(99)72(118)87-34-66(112)94-21-6-13-54(94)79(125)100-40-46(106)28-60(100)73(119)88-35-67(113)95-22-7-14-55(95)80(126)101-41-47(107)29-61(101)74(120)89-36-68(114)96-23-8-15-56(96)81(127)102-42-48(108)30-62(102)82(128)129/h43-62,83,103-108H,2-42H2,1H3,(H,84,115)(H,85,116)(H,86,117)(H,87,118)(H,88,119)(H,89,120)(H,90,121)(H,128,129)/t43-,44-,45-,46-,47-,48-,49+,50+,51+,52+,53+,54+,55+,56+,57+,58+,59+,60+,61+,62+/m1/s1. The Labute approximate surface area is 752 Å². The SMILES string of the molecule is CSCC[C@H](NC(=O)[C@@H]1CCCN1C(=O)CNC(=O)[C@@H]1C[C@@H](O)CN1C(=O)[C@@H]1CCCN1)C(=O)NCC(=O)N1CCC[C@H]1C(=O)N1C[C@H](O)C[C@H]1C(=O)NCC(=O)N1CCC[C@H]1C(=O)N1C[C@H](O)C[C@H]1C(=O)NCC(=O)N1CCC[C@H]1C(=O)N1C[C@H](O)C[C@H]1C(=O)NCC(=O)N1CCC[C@H]1C(=O)N1C[C@H](O)C[C@H]1C(=O)NCC(=O)N1CCC[C@H]1C(=O)N1C[C@H](O)C[C@H]1C(=O)O. The third-order valence-electron chi connectivity index (χ3n) is 27.4. The van der Waals surface area contributed by atoms with Crippen LogP contribution in [0.1, 0.15) is 135 Å². The Morgan fingerprint density at radius 3 is 0.808 bits per heavy atom. The van der Waals surface area contributed by atoms with Crippen LogP contribution >= 0.6 is 11.8 Å². The molecule has 0 aromatic heterocycles. The first kappa shape index (κ1) is 97.0. The van der Waals surface area contributed by atoms with E-state index in [0.717, 1.165) is 30.9 Å². The molecule has 0 bridgehead atoms. The molecule has 716 valence electrons. The zero-order valence-corrected chi connectivity index (χ0v) is 73.4. The van der Waals surface area contributed by atoms with Crippen molar-refractivity contribution < 1.29 is 132 Å². The number of nitrogens with one attached hydrogen (secondary N) is 8. The zero-order chi connectivity index (χ0) is 93.4. The van der Waals surface area contributed by atoms with Gasteiger partial charge in [-0.1, -0.05) is 0 Å². The molecule has 0 aliphatic carbocycles. The van der Waals surface area contributed by atoms with E-state index in [1.807, 2.05) is 0 Å². The summed E-state index contributed by atoms with van der Waals surface area (Å²) in [5.41, 5.74) is 0. The Hall–Kier alpha value is -10.5. The highest BCUT2D eigenvalue weighted by atomic mass is 32.2. The smallest absolute Gasteiger partial charge is 0.326 e. The summed E-state index contributed by atoms with van der Waals surface area (Å²) < 4.78 is 0. The van der Waals surface area contributed by atoms with Gasteiger partial charge in [0.1, 0.15) is 78.5 Å². The Morgan fingerprint density at radius 2 is 0.546 bits per heavy atom. The summed E-state index contributed by atoms with van der Waals surface area (Å²) in [6, 6.07) is -15.9. The van der Waals surface area contributed by atoms with E-state index in [4.69, 9.17) is 0 Å². The number of amides is 19. The molecule has 13 aliphatic rings. The van der Waals surface area contributed by atoms with E-state index in [1.165, 1.54) is 46.1 Å². The molecule has 0 aromatic carbocycles. The molecule has 13 saturated heterocycles. The number of carboxylic acid groups (broad SMARTS) is 1. The number of hydrogen-bond acceptors (Lipinski definition) is 28. The van der Waals surface area contributed by atoms with Gasteiger partial charge in [-0.25, -0.2) is 4.79 Å². The van der Waals surface area contributed by atoms with Gasteiger partial charge >= 0.3 is 5.97 Å². The lowest BCUT2D eigenvalue weighted by atomic mass is 10.1. The first-order valence-corrected chi connectivity index (χ1v) is 46.6. The van der Waals surface area contributed by atoms with Crippen LogP contribution in [-0.2, 0) is 95.9 Å². The molecule has 48 heteroatoms. The Balaban J connectivity index is 0.537. The maximum absolute atomic E-state index is 14.5. The average molecular weight is 1850 g/mol. The average Bonchev–Trinajstić information content (AvgIpc) is 1.68. The van der Waals surface area contributed by atoms with Crippen LogP contribution < -0.4 is 42.5 Å². The highest BCUT2D eigenvalue weighted by molar-refractivity contribution is 7.98. The lowest BCUT2D eigenvalue weighted by Gasteiger charge is -2.32. The molecule has 19 amide bonds. The largest absolute Gasteiger partial charge is 0.480 e. The van der Waals surface area contributed by atoms with E-state index in [2.05, 4.69) is 42.5 Å². The van der Waals surface area contributed by atoms with Gasteiger partial charge in [0.25, 0.3) is 0 Å². The summed E-state index contributed by atoms with van der Waals surface area (Å²) >= 11 is 1.39. The van der Waals surface area contributed by atoms with Crippen molar-refractivity contribution in [3.63, 3.8) is 0 Å². The molecule has 13 heterocycles. The van der Waals surface area contributed by atoms with Crippen LogP contribution in [0, 0.1) is 0 Å². The molecule has 0 saturated carbocycles. The van der Waals surface area contributed by atoms with Crippen LogP contribution in [0.4, 0.5) is 0 Å². The van der Waals surface area contributed by atoms with E-state index >= 15 is 0 Å². The molecule has 0 unspecified atom stereocenters. The molecule has 13 fully saturated rings. The maximum atomic E-state index is 14.5. The minimum atomic E-state index is -1.34. The number of β-amino-alcohol motifs (C(OH)–C–C–N with tert-alkyl or cyclic N) is 6. The summed E-state index contributed by atoms with van der Waals surface area (Å²) in [7, 11) is 0. The summed E-state index contributed by atoms with van der Waals surface area (Å²) in [5.74, 6) is -14.0. The van der Waals surface area contributed by atoms with Crippen LogP contribution in [0.2, 0.25) is 0 Å². The summed E-state index contributed by atoms with van der Waals surface area (Å²) in [6.07, 6.45) is -1.49. The molecule has 15 N–H and O–H groups in total. The van der Waals surface area contributed by atoms with E-state index in [-0.39, 0.29) is 168 Å². The van der Waals surface area contributed by atoms with Crippen LogP contribution in [0.25, 0.3) is 0 Å². The minimum Gasteiger partial charge on any atom is -0.480 e. The number of thioether (sulfide) groups is 1. The van der Waals surface area contributed by atoms with Gasteiger partial charge in [0.05, 0.1) is 81.9 Å². The number of aliphatic carboxylic acids is 1. The van der Waals surface area contributed by atoms with Crippen LogP contribution in [0.3, 0.4) is 0 Å². The van der Waals surface area contributed by atoms with E-state index in [0.29, 0.717) is 57.2 Å². The van der Waals surface area contributed by atoms with Gasteiger partial charge in [-0.05, 0) is 115 Å². The number of aliphatic hydroxyl groups is 6. The molecule has 47 nitrogen and oxygen atoms in total. The Kier molecular flexibility index (Phi) is 31.9. The second kappa shape index (κ2) is 42.8. The second-order valence-electron chi connectivity index (χ2n) is 36.0. The third-order valence-corrected chi connectivity index (χ3v) is 28.1. The normalized spacial score (nSPS) is 30.3. The van der Waals surface area contributed by atoms with Crippen LogP contribution in [0.15, 0.2) is 0 Å². The molecular weight excluding hydrogens is 1730 g/mol. The number of likely N-dealkylation sites (tertiary alicyclic amines) is 12. The van der Waals surface area contributed by atoms with Crippen molar-refractivity contribution in [1.29, 1.82) is 0 Å². The topological polar surface area (TPSA) is 618 Å². The van der Waals surface area contributed by atoms with E-state index < -0.39 is 273 Å². The summed E-state index contributed by atoms with van der Waals surface area (Å²) in [4.78, 5) is 291.